The van der Waals surface area contributed by atoms with E-state index >= 15 is 0 Å². The molecular formula is C24H25AsClN5O2. The zero-order chi connectivity index (χ0) is 23.6. The zero-order valence-electron chi connectivity index (χ0n) is 18.4. The van der Waals surface area contributed by atoms with Crippen molar-refractivity contribution in [1.29, 1.82) is 0 Å². The topological polar surface area (TPSA) is 110 Å². The van der Waals surface area contributed by atoms with Crippen molar-refractivity contribution in [1.82, 2.24) is 9.97 Å². The summed E-state index contributed by atoms with van der Waals surface area (Å²) in [5, 5.41) is 7.47. The van der Waals surface area contributed by atoms with Gasteiger partial charge in [0.25, 0.3) is 0 Å². The number of hydrogen-bond acceptors (Lipinski definition) is 5. The molecule has 4 rings (SSSR count). The summed E-state index contributed by atoms with van der Waals surface area (Å²) in [7, 11) is 0. The molecule has 0 saturated carbocycles. The number of nitrogens with zero attached hydrogens (tertiary/aromatic N) is 2. The second kappa shape index (κ2) is 9.54. The van der Waals surface area contributed by atoms with Gasteiger partial charge < -0.3 is 0 Å². The van der Waals surface area contributed by atoms with Gasteiger partial charge >= 0.3 is 205 Å². The maximum absolute atomic E-state index is 12.0. The normalized spacial score (nSPS) is 15.1. The molecule has 0 radical (unpaired) electrons. The molecule has 1 aliphatic heterocycles. The molecule has 0 spiro atoms. The molecule has 1 aliphatic rings. The molecule has 170 valence electrons. The fraction of sp³-hybridized carbons (Fsp3) is 0.250. The molecule has 3 aromatic rings. The molecule has 0 aliphatic carbocycles. The standard InChI is InChI=1S/C24H25AsClN5O2/c1-24(2)10-9-20(32)30-19-8-7-15(11-17(19)24)29-23-28-13-18(26)21(31-23)25-12-14-5-3-4-6-16(14)22(27)33/h3-8,11,13,25H,9-10,12H2,1-2H3,(H2,27,33)(H,30,32)(H,28,29,31). The number of primary amides is 1. The molecule has 1 unspecified atom stereocenters. The van der Waals surface area contributed by atoms with E-state index in [0.29, 0.717) is 28.2 Å². The number of aromatic nitrogens is 2. The van der Waals surface area contributed by atoms with Gasteiger partial charge in [0.1, 0.15) is 0 Å². The van der Waals surface area contributed by atoms with Crippen molar-refractivity contribution in [2.45, 2.75) is 37.3 Å². The number of rotatable bonds is 6. The molecule has 2 amide bonds. The summed E-state index contributed by atoms with van der Waals surface area (Å²) in [6, 6.07) is 13.2. The van der Waals surface area contributed by atoms with Crippen LogP contribution in [0.3, 0.4) is 0 Å². The summed E-state index contributed by atoms with van der Waals surface area (Å²) in [4.78, 5) is 32.7. The SMILES string of the molecule is CC1(C)CCC(=O)Nc2ccc(Nc3ncc(Cl)c([AsH]Cc4ccccc4C(N)=O)n3)cc21. The number of carbonyl (C=O) groups is 2. The van der Waals surface area contributed by atoms with Crippen molar-refractivity contribution < 1.29 is 9.59 Å². The van der Waals surface area contributed by atoms with Crippen LogP contribution in [0.1, 0.15) is 48.2 Å². The summed E-state index contributed by atoms with van der Waals surface area (Å²) >= 11 is 5.60. The molecule has 0 saturated heterocycles. The fourth-order valence-electron chi connectivity index (χ4n) is 3.84. The first-order chi connectivity index (χ1) is 15.7. The van der Waals surface area contributed by atoms with Crippen LogP contribution in [0.25, 0.3) is 0 Å². The van der Waals surface area contributed by atoms with E-state index < -0.39 is 21.7 Å². The predicted octanol–water partition coefficient (Wildman–Crippen LogP) is 3.24. The number of benzene rings is 2. The summed E-state index contributed by atoms with van der Waals surface area (Å²) in [6.45, 7) is 4.28. The third-order valence-electron chi connectivity index (χ3n) is 5.73. The van der Waals surface area contributed by atoms with Gasteiger partial charge in [0.05, 0.1) is 0 Å². The average molecular weight is 526 g/mol. The van der Waals surface area contributed by atoms with E-state index in [4.69, 9.17) is 17.3 Å². The molecular weight excluding hydrogens is 501 g/mol. The Kier molecular flexibility index (Phi) is 6.73. The van der Waals surface area contributed by atoms with E-state index in [2.05, 4.69) is 34.4 Å². The summed E-state index contributed by atoms with van der Waals surface area (Å²) in [5.41, 5.74) is 9.55. The Morgan fingerprint density at radius 2 is 2.06 bits per heavy atom. The van der Waals surface area contributed by atoms with Crippen molar-refractivity contribution in [3.8, 4) is 0 Å². The van der Waals surface area contributed by atoms with Crippen LogP contribution in [0.4, 0.5) is 17.3 Å². The van der Waals surface area contributed by atoms with Crippen LogP contribution in [0, 0.1) is 0 Å². The minimum atomic E-state index is -0.777. The molecule has 2 aromatic carbocycles. The van der Waals surface area contributed by atoms with Gasteiger partial charge in [-0.1, -0.05) is 0 Å². The van der Waals surface area contributed by atoms with E-state index in [1.165, 1.54) is 0 Å². The van der Waals surface area contributed by atoms with Crippen molar-refractivity contribution >= 4 is 61.0 Å². The van der Waals surface area contributed by atoms with Crippen LogP contribution in [0.5, 0.6) is 0 Å². The summed E-state index contributed by atoms with van der Waals surface area (Å²) in [5.74, 6) is 0.0583. The van der Waals surface area contributed by atoms with E-state index in [1.807, 2.05) is 30.3 Å². The van der Waals surface area contributed by atoms with Gasteiger partial charge in [-0.2, -0.15) is 0 Å². The van der Waals surface area contributed by atoms with Crippen molar-refractivity contribution in [2.24, 2.45) is 5.73 Å². The van der Waals surface area contributed by atoms with Crippen molar-refractivity contribution in [3.63, 3.8) is 0 Å². The van der Waals surface area contributed by atoms with Gasteiger partial charge in [0, 0.05) is 0 Å². The van der Waals surface area contributed by atoms with Crippen LogP contribution in [0.15, 0.2) is 48.7 Å². The van der Waals surface area contributed by atoms with Crippen LogP contribution in [0.2, 0.25) is 5.02 Å². The van der Waals surface area contributed by atoms with Gasteiger partial charge in [-0.05, 0) is 0 Å². The molecule has 2 heterocycles. The molecule has 0 fully saturated rings. The first-order valence-corrected chi connectivity index (χ1v) is 13.5. The maximum atomic E-state index is 12.0. The van der Waals surface area contributed by atoms with Gasteiger partial charge in [0.15, 0.2) is 0 Å². The number of nitrogens with two attached hydrogens (primary N) is 1. The Morgan fingerprint density at radius 1 is 1.27 bits per heavy atom. The van der Waals surface area contributed by atoms with E-state index in [0.717, 1.165) is 33.4 Å². The Balaban J connectivity index is 1.55. The minimum absolute atomic E-state index is 0.0376. The van der Waals surface area contributed by atoms with Crippen LogP contribution >= 0.6 is 11.6 Å². The molecule has 1 atom stereocenters. The van der Waals surface area contributed by atoms with Gasteiger partial charge in [-0.3, -0.25) is 0 Å². The first kappa shape index (κ1) is 23.3. The van der Waals surface area contributed by atoms with E-state index in [-0.39, 0.29) is 11.3 Å². The molecule has 33 heavy (non-hydrogen) atoms. The Bertz CT molecular complexity index is 1230. The second-order valence-corrected chi connectivity index (χ2v) is 11.5. The van der Waals surface area contributed by atoms with Crippen LogP contribution in [-0.2, 0) is 15.4 Å². The third kappa shape index (κ3) is 5.37. The summed E-state index contributed by atoms with van der Waals surface area (Å²) in [6.07, 6.45) is 2.87. The Labute approximate surface area is 204 Å². The molecule has 1 aromatic heterocycles. The summed E-state index contributed by atoms with van der Waals surface area (Å²) < 4.78 is 0.802. The van der Waals surface area contributed by atoms with Crippen molar-refractivity contribution in [2.75, 3.05) is 10.6 Å². The number of amides is 2. The Morgan fingerprint density at radius 3 is 2.85 bits per heavy atom. The number of fused-ring (bicyclic) bond motifs is 1. The number of hydrogen-bond donors (Lipinski definition) is 3. The van der Waals surface area contributed by atoms with Crippen molar-refractivity contribution in [3.05, 3.63) is 70.4 Å². The van der Waals surface area contributed by atoms with Gasteiger partial charge in [-0.25, -0.2) is 0 Å². The first-order valence-electron chi connectivity index (χ1n) is 10.6. The molecule has 9 heteroatoms. The second-order valence-electron chi connectivity index (χ2n) is 8.58. The number of anilines is 3. The quantitative estimate of drug-likeness (QED) is 0.428. The van der Waals surface area contributed by atoms with Gasteiger partial charge in [0.2, 0.25) is 0 Å². The third-order valence-corrected chi connectivity index (χ3v) is 9.01. The number of nitrogens with one attached hydrogen (secondary N) is 2. The predicted molar refractivity (Wildman–Crippen MR) is 133 cm³/mol. The van der Waals surface area contributed by atoms with E-state index in [9.17, 15) is 9.59 Å². The molecule has 7 nitrogen and oxygen atoms in total. The average Bonchev–Trinajstić information content (AvgIpc) is 2.90. The molecule has 0 bridgehead atoms. The number of carbonyl (C=O) groups excluding carboxylic acids is 2. The fourth-order valence-corrected chi connectivity index (χ4v) is 6.55. The molecule has 4 N–H and O–H groups in total. The number of halogens is 1. The van der Waals surface area contributed by atoms with E-state index in [1.54, 1.807) is 18.3 Å². The van der Waals surface area contributed by atoms with Crippen LogP contribution < -0.4 is 20.8 Å². The van der Waals surface area contributed by atoms with Crippen LogP contribution in [-0.4, -0.2) is 37.5 Å². The van der Waals surface area contributed by atoms with Gasteiger partial charge in [-0.15, -0.1) is 0 Å². The Hall–Kier alpha value is -2.89. The zero-order valence-corrected chi connectivity index (χ0v) is 21.3. The monoisotopic (exact) mass is 525 g/mol.